The molecular formula is C14H31N3. The zero-order chi connectivity index (χ0) is 12.5. The van der Waals surface area contributed by atoms with Crippen LogP contribution < -0.4 is 5.32 Å². The first-order valence-electron chi connectivity index (χ1n) is 7.54. The first kappa shape index (κ1) is 14.9. The molecule has 2 heterocycles. The first-order valence-corrected chi connectivity index (χ1v) is 7.54. The van der Waals surface area contributed by atoms with Crippen LogP contribution >= 0.6 is 0 Å². The van der Waals surface area contributed by atoms with Crippen molar-refractivity contribution in [2.75, 3.05) is 52.4 Å². The Morgan fingerprint density at radius 1 is 0.941 bits per heavy atom. The molecule has 0 unspecified atom stereocenters. The molecule has 2 aliphatic rings. The molecule has 2 fully saturated rings. The summed E-state index contributed by atoms with van der Waals surface area (Å²) in [6.07, 6.45) is 2.83. The molecule has 0 aromatic heterocycles. The highest BCUT2D eigenvalue weighted by atomic mass is 15.2. The predicted octanol–water partition coefficient (Wildman–Crippen LogP) is 1.65. The minimum absolute atomic E-state index is 0.964. The quantitative estimate of drug-likeness (QED) is 0.810. The lowest BCUT2D eigenvalue weighted by molar-refractivity contribution is 0.139. The largest absolute Gasteiger partial charge is 0.314 e. The van der Waals surface area contributed by atoms with Gasteiger partial charge in [-0.15, -0.1) is 0 Å². The summed E-state index contributed by atoms with van der Waals surface area (Å²) in [5.74, 6) is 0.964. The van der Waals surface area contributed by atoms with Crippen LogP contribution in [0.5, 0.6) is 0 Å². The van der Waals surface area contributed by atoms with Crippen LogP contribution in [0.4, 0.5) is 0 Å². The van der Waals surface area contributed by atoms with E-state index in [-0.39, 0.29) is 0 Å². The fourth-order valence-corrected chi connectivity index (χ4v) is 2.74. The van der Waals surface area contributed by atoms with E-state index in [0.717, 1.165) is 5.92 Å². The number of piperazine rings is 1. The summed E-state index contributed by atoms with van der Waals surface area (Å²) in [4.78, 5) is 5.22. The third-order valence-electron chi connectivity index (χ3n) is 3.88. The number of rotatable bonds is 3. The Kier molecular flexibility index (Phi) is 7.82. The van der Waals surface area contributed by atoms with Gasteiger partial charge in [0.15, 0.2) is 0 Å². The van der Waals surface area contributed by atoms with E-state index in [1.165, 1.54) is 65.2 Å². The Morgan fingerprint density at radius 3 is 2.06 bits per heavy atom. The summed E-state index contributed by atoms with van der Waals surface area (Å²) < 4.78 is 0. The standard InChI is InChI=1S/C12H25N3.C2H6/c1-2-14-7-3-12(4-8-14)11-15-9-5-13-6-10-15;1-2/h12-13H,2-11H2,1H3;1-2H3. The lowest BCUT2D eigenvalue weighted by Crippen LogP contribution is -2.46. The van der Waals surface area contributed by atoms with Gasteiger partial charge in [-0.25, -0.2) is 0 Å². The van der Waals surface area contributed by atoms with Gasteiger partial charge in [-0.1, -0.05) is 20.8 Å². The van der Waals surface area contributed by atoms with Gasteiger partial charge >= 0.3 is 0 Å². The van der Waals surface area contributed by atoms with Crippen molar-refractivity contribution in [1.29, 1.82) is 0 Å². The van der Waals surface area contributed by atoms with E-state index >= 15 is 0 Å². The molecule has 102 valence electrons. The molecule has 3 heteroatoms. The first-order chi connectivity index (χ1) is 8.38. The lowest BCUT2D eigenvalue weighted by Gasteiger charge is -2.35. The molecule has 0 radical (unpaired) electrons. The Balaban J connectivity index is 0.000000686. The van der Waals surface area contributed by atoms with E-state index in [1.807, 2.05) is 13.8 Å². The molecule has 0 aromatic carbocycles. The van der Waals surface area contributed by atoms with Gasteiger partial charge in [-0.2, -0.15) is 0 Å². The van der Waals surface area contributed by atoms with Gasteiger partial charge in [-0.05, 0) is 38.4 Å². The smallest absolute Gasteiger partial charge is 0.0107 e. The topological polar surface area (TPSA) is 18.5 Å². The summed E-state index contributed by atoms with van der Waals surface area (Å²) >= 11 is 0. The maximum absolute atomic E-state index is 3.42. The zero-order valence-corrected chi connectivity index (χ0v) is 12.0. The van der Waals surface area contributed by atoms with E-state index < -0.39 is 0 Å². The summed E-state index contributed by atoms with van der Waals surface area (Å²) in [5, 5.41) is 3.42. The van der Waals surface area contributed by atoms with Crippen molar-refractivity contribution in [1.82, 2.24) is 15.1 Å². The van der Waals surface area contributed by atoms with Crippen molar-refractivity contribution in [2.24, 2.45) is 5.92 Å². The zero-order valence-electron chi connectivity index (χ0n) is 12.0. The van der Waals surface area contributed by atoms with Gasteiger partial charge < -0.3 is 15.1 Å². The van der Waals surface area contributed by atoms with Crippen molar-refractivity contribution in [3.8, 4) is 0 Å². The fourth-order valence-electron chi connectivity index (χ4n) is 2.74. The van der Waals surface area contributed by atoms with E-state index in [2.05, 4.69) is 22.0 Å². The van der Waals surface area contributed by atoms with Gasteiger partial charge in [0.1, 0.15) is 0 Å². The number of nitrogens with one attached hydrogen (secondary N) is 1. The molecule has 0 atom stereocenters. The van der Waals surface area contributed by atoms with Crippen LogP contribution in [0.15, 0.2) is 0 Å². The average molecular weight is 241 g/mol. The van der Waals surface area contributed by atoms with Gasteiger partial charge in [-0.3, -0.25) is 0 Å². The Bertz CT molecular complexity index is 170. The molecule has 0 amide bonds. The Morgan fingerprint density at radius 2 is 1.53 bits per heavy atom. The van der Waals surface area contributed by atoms with Crippen molar-refractivity contribution in [3.63, 3.8) is 0 Å². The minimum Gasteiger partial charge on any atom is -0.314 e. The monoisotopic (exact) mass is 241 g/mol. The molecule has 3 nitrogen and oxygen atoms in total. The van der Waals surface area contributed by atoms with Crippen molar-refractivity contribution in [3.05, 3.63) is 0 Å². The van der Waals surface area contributed by atoms with Crippen LogP contribution in [0, 0.1) is 5.92 Å². The van der Waals surface area contributed by atoms with Crippen LogP contribution in [-0.4, -0.2) is 62.2 Å². The van der Waals surface area contributed by atoms with Crippen LogP contribution in [0.25, 0.3) is 0 Å². The number of piperidine rings is 1. The summed E-state index contributed by atoms with van der Waals surface area (Å²) in [5.41, 5.74) is 0. The van der Waals surface area contributed by atoms with Crippen LogP contribution in [0.1, 0.15) is 33.6 Å². The van der Waals surface area contributed by atoms with Gasteiger partial charge in [0, 0.05) is 32.7 Å². The predicted molar refractivity (Wildman–Crippen MR) is 75.5 cm³/mol. The maximum Gasteiger partial charge on any atom is 0.0107 e. The third kappa shape index (κ3) is 5.36. The molecule has 0 aliphatic carbocycles. The highest BCUT2D eigenvalue weighted by molar-refractivity contribution is 4.76. The van der Waals surface area contributed by atoms with Gasteiger partial charge in [0.05, 0.1) is 0 Å². The van der Waals surface area contributed by atoms with Gasteiger partial charge in [0.2, 0.25) is 0 Å². The molecule has 0 aromatic rings. The van der Waals surface area contributed by atoms with Crippen molar-refractivity contribution < 1.29 is 0 Å². The van der Waals surface area contributed by atoms with E-state index in [4.69, 9.17) is 0 Å². The maximum atomic E-state index is 3.42. The SMILES string of the molecule is CC.CCN1CCC(CN2CCNCC2)CC1. The normalized spacial score (nSPS) is 24.2. The highest BCUT2D eigenvalue weighted by Gasteiger charge is 2.21. The van der Waals surface area contributed by atoms with E-state index in [1.54, 1.807) is 0 Å². The van der Waals surface area contributed by atoms with E-state index in [9.17, 15) is 0 Å². The molecule has 0 saturated carbocycles. The van der Waals surface area contributed by atoms with Crippen LogP contribution in [0.3, 0.4) is 0 Å². The summed E-state index contributed by atoms with van der Waals surface area (Å²) in [7, 11) is 0. The molecular weight excluding hydrogens is 210 g/mol. The number of hydrogen-bond acceptors (Lipinski definition) is 3. The Labute approximate surface area is 108 Å². The Hall–Kier alpha value is -0.120. The minimum atomic E-state index is 0.964. The molecule has 2 rings (SSSR count). The second-order valence-corrected chi connectivity index (χ2v) is 4.93. The molecule has 17 heavy (non-hydrogen) atoms. The molecule has 2 aliphatic heterocycles. The van der Waals surface area contributed by atoms with E-state index in [0.29, 0.717) is 0 Å². The van der Waals surface area contributed by atoms with Crippen molar-refractivity contribution in [2.45, 2.75) is 33.6 Å². The molecule has 1 N–H and O–H groups in total. The lowest BCUT2D eigenvalue weighted by atomic mass is 9.96. The highest BCUT2D eigenvalue weighted by Crippen LogP contribution is 2.18. The fraction of sp³-hybridized carbons (Fsp3) is 1.00. The molecule has 0 bridgehead atoms. The van der Waals surface area contributed by atoms with Crippen LogP contribution in [-0.2, 0) is 0 Å². The molecule has 0 spiro atoms. The van der Waals surface area contributed by atoms with Crippen LogP contribution in [0.2, 0.25) is 0 Å². The van der Waals surface area contributed by atoms with Crippen molar-refractivity contribution >= 4 is 0 Å². The number of hydrogen-bond donors (Lipinski definition) is 1. The molecule has 2 saturated heterocycles. The third-order valence-corrected chi connectivity index (χ3v) is 3.88. The summed E-state index contributed by atoms with van der Waals surface area (Å²) in [6, 6.07) is 0. The second kappa shape index (κ2) is 8.90. The summed E-state index contributed by atoms with van der Waals surface area (Å²) in [6.45, 7) is 16.4. The number of nitrogens with zero attached hydrogens (tertiary/aromatic N) is 2. The van der Waals surface area contributed by atoms with Gasteiger partial charge in [0.25, 0.3) is 0 Å². The second-order valence-electron chi connectivity index (χ2n) is 4.93. The number of likely N-dealkylation sites (tertiary alicyclic amines) is 1. The average Bonchev–Trinajstić information content (AvgIpc) is 2.43.